The van der Waals surface area contributed by atoms with E-state index >= 15 is 0 Å². The summed E-state index contributed by atoms with van der Waals surface area (Å²) >= 11 is 1.33. The fourth-order valence-electron chi connectivity index (χ4n) is 3.17. The maximum absolute atomic E-state index is 13.0. The number of hydrogen-bond acceptors (Lipinski definition) is 8. The van der Waals surface area contributed by atoms with E-state index in [0.29, 0.717) is 62.6 Å². The van der Waals surface area contributed by atoms with Gasteiger partial charge >= 0.3 is 0 Å². The Labute approximate surface area is 185 Å². The van der Waals surface area contributed by atoms with Gasteiger partial charge < -0.3 is 29.3 Å². The van der Waals surface area contributed by atoms with E-state index in [-0.39, 0.29) is 18.2 Å². The monoisotopic (exact) mass is 448 g/mol. The zero-order valence-electron chi connectivity index (χ0n) is 17.8. The lowest BCUT2D eigenvalue weighted by atomic mass is 10.3. The highest BCUT2D eigenvalue weighted by Crippen LogP contribution is 2.28. The average Bonchev–Trinajstić information content (AvgIpc) is 3.28. The van der Waals surface area contributed by atoms with Crippen LogP contribution in [0.3, 0.4) is 0 Å². The standard InChI is InChI=1S/C21H28N4O5S/c1-28-12-9-25(8-7-19(26)24-10-13-30-14-11-24)20(27)17-15-31-21(23-17)22-16-5-3-4-6-18(16)29-2/h3-6,15H,7-14H2,1-2H3,(H,22,23). The summed E-state index contributed by atoms with van der Waals surface area (Å²) in [5, 5.41) is 5.49. The zero-order chi connectivity index (χ0) is 22.1. The molecule has 1 N–H and O–H groups in total. The number of hydrogen-bond donors (Lipinski definition) is 1. The molecule has 2 amide bonds. The number of methoxy groups -OCH3 is 2. The predicted octanol–water partition coefficient (Wildman–Crippen LogP) is 2.23. The summed E-state index contributed by atoms with van der Waals surface area (Å²) in [6.45, 7) is 3.37. The van der Waals surface area contributed by atoms with Gasteiger partial charge in [0.1, 0.15) is 11.4 Å². The first-order valence-corrected chi connectivity index (χ1v) is 11.0. The van der Waals surface area contributed by atoms with Crippen LogP contribution < -0.4 is 10.1 Å². The van der Waals surface area contributed by atoms with Gasteiger partial charge in [-0.15, -0.1) is 11.3 Å². The topological polar surface area (TPSA) is 93.2 Å². The second-order valence-corrected chi connectivity index (χ2v) is 7.75. The van der Waals surface area contributed by atoms with Crippen molar-refractivity contribution in [2.24, 2.45) is 0 Å². The van der Waals surface area contributed by atoms with Gasteiger partial charge in [-0.3, -0.25) is 9.59 Å². The average molecular weight is 449 g/mol. The van der Waals surface area contributed by atoms with Crippen molar-refractivity contribution in [1.82, 2.24) is 14.8 Å². The molecule has 0 spiro atoms. The molecule has 1 aliphatic rings. The van der Waals surface area contributed by atoms with Crippen LogP contribution in [0.25, 0.3) is 0 Å². The second-order valence-electron chi connectivity index (χ2n) is 6.89. The third kappa shape index (κ3) is 6.39. The van der Waals surface area contributed by atoms with E-state index in [0.717, 1.165) is 5.69 Å². The van der Waals surface area contributed by atoms with Crippen LogP contribution in [0, 0.1) is 0 Å². The molecule has 2 heterocycles. The lowest BCUT2D eigenvalue weighted by molar-refractivity contribution is -0.135. The van der Waals surface area contributed by atoms with Gasteiger partial charge in [0.25, 0.3) is 5.91 Å². The Kier molecular flexibility index (Phi) is 8.63. The largest absolute Gasteiger partial charge is 0.495 e. The summed E-state index contributed by atoms with van der Waals surface area (Å²) in [6.07, 6.45) is 0.256. The Morgan fingerprint density at radius 2 is 2.00 bits per heavy atom. The minimum Gasteiger partial charge on any atom is -0.495 e. The molecule has 0 atom stereocenters. The number of morpholine rings is 1. The van der Waals surface area contributed by atoms with Crippen molar-refractivity contribution in [1.29, 1.82) is 0 Å². The van der Waals surface area contributed by atoms with E-state index in [1.165, 1.54) is 11.3 Å². The molecule has 0 radical (unpaired) electrons. The number of ether oxygens (including phenoxy) is 3. The van der Waals surface area contributed by atoms with Crippen molar-refractivity contribution in [3.05, 3.63) is 35.3 Å². The van der Waals surface area contributed by atoms with Gasteiger partial charge in [-0.1, -0.05) is 12.1 Å². The van der Waals surface area contributed by atoms with E-state index in [1.54, 1.807) is 29.4 Å². The van der Waals surface area contributed by atoms with E-state index in [9.17, 15) is 9.59 Å². The minimum absolute atomic E-state index is 0.0234. The molecule has 0 aliphatic carbocycles. The third-order valence-corrected chi connectivity index (χ3v) is 5.64. The molecule has 1 fully saturated rings. The molecule has 1 aliphatic heterocycles. The Hall–Kier alpha value is -2.69. The van der Waals surface area contributed by atoms with Crippen LogP contribution in [0.2, 0.25) is 0 Å². The van der Waals surface area contributed by atoms with Gasteiger partial charge in [-0.05, 0) is 12.1 Å². The van der Waals surface area contributed by atoms with Crippen molar-refractivity contribution < 1.29 is 23.8 Å². The first-order chi connectivity index (χ1) is 15.1. The molecule has 1 saturated heterocycles. The fraction of sp³-hybridized carbons (Fsp3) is 0.476. The van der Waals surface area contributed by atoms with Crippen molar-refractivity contribution >= 4 is 34.0 Å². The lowest BCUT2D eigenvalue weighted by Gasteiger charge is -2.28. The van der Waals surface area contributed by atoms with Crippen molar-refractivity contribution in [3.8, 4) is 5.75 Å². The summed E-state index contributed by atoms with van der Waals surface area (Å²) in [4.78, 5) is 33.3. The summed E-state index contributed by atoms with van der Waals surface area (Å²) in [5.41, 5.74) is 1.10. The Bertz CT molecular complexity index is 869. The number of para-hydroxylation sites is 2. The minimum atomic E-state index is -0.226. The lowest BCUT2D eigenvalue weighted by Crippen LogP contribution is -2.43. The van der Waals surface area contributed by atoms with Gasteiger partial charge in [0, 0.05) is 45.1 Å². The normalized spacial score (nSPS) is 13.7. The molecule has 1 aromatic heterocycles. The smallest absolute Gasteiger partial charge is 0.273 e. The molecule has 1 aromatic carbocycles. The number of carbonyl (C=O) groups is 2. The van der Waals surface area contributed by atoms with E-state index in [4.69, 9.17) is 14.2 Å². The Morgan fingerprint density at radius 3 is 2.74 bits per heavy atom. The van der Waals surface area contributed by atoms with Gasteiger partial charge in [-0.25, -0.2) is 4.98 Å². The van der Waals surface area contributed by atoms with Crippen LogP contribution in [0.5, 0.6) is 5.75 Å². The number of nitrogens with one attached hydrogen (secondary N) is 1. The van der Waals surface area contributed by atoms with Crippen LogP contribution in [-0.2, 0) is 14.3 Å². The van der Waals surface area contributed by atoms with Gasteiger partial charge in [0.2, 0.25) is 5.91 Å². The van der Waals surface area contributed by atoms with Crippen LogP contribution in [0.15, 0.2) is 29.6 Å². The van der Waals surface area contributed by atoms with Gasteiger partial charge in [0.15, 0.2) is 5.13 Å². The van der Waals surface area contributed by atoms with Crippen LogP contribution in [0.1, 0.15) is 16.9 Å². The Morgan fingerprint density at radius 1 is 1.23 bits per heavy atom. The number of thiazole rings is 1. The maximum Gasteiger partial charge on any atom is 0.273 e. The number of anilines is 2. The highest BCUT2D eigenvalue weighted by Gasteiger charge is 2.22. The Balaban J connectivity index is 1.63. The molecule has 168 valence electrons. The summed E-state index contributed by atoms with van der Waals surface area (Å²) in [7, 11) is 3.18. The van der Waals surface area contributed by atoms with Crippen LogP contribution >= 0.6 is 11.3 Å². The molecule has 0 saturated carbocycles. The van der Waals surface area contributed by atoms with Gasteiger partial charge in [0.05, 0.1) is 32.6 Å². The molecular formula is C21H28N4O5S. The second kappa shape index (κ2) is 11.6. The van der Waals surface area contributed by atoms with Crippen molar-refractivity contribution in [2.45, 2.75) is 6.42 Å². The third-order valence-electron chi connectivity index (χ3n) is 4.88. The first-order valence-electron chi connectivity index (χ1n) is 10.1. The van der Waals surface area contributed by atoms with E-state index < -0.39 is 0 Å². The molecule has 10 heteroatoms. The SMILES string of the molecule is COCCN(CCC(=O)N1CCOCC1)C(=O)c1csc(Nc2ccccc2OC)n1. The molecule has 3 rings (SSSR count). The number of nitrogens with zero attached hydrogens (tertiary/aromatic N) is 3. The van der Waals surface area contributed by atoms with Crippen molar-refractivity contribution in [2.75, 3.05) is 65.5 Å². The summed E-state index contributed by atoms with van der Waals surface area (Å²) < 4.78 is 15.8. The quantitative estimate of drug-likeness (QED) is 0.596. The van der Waals surface area contributed by atoms with Crippen LogP contribution in [0.4, 0.5) is 10.8 Å². The molecular weight excluding hydrogens is 420 g/mol. The number of amides is 2. The maximum atomic E-state index is 13.0. The highest BCUT2D eigenvalue weighted by atomic mass is 32.1. The van der Waals surface area contributed by atoms with E-state index in [2.05, 4.69) is 10.3 Å². The predicted molar refractivity (Wildman–Crippen MR) is 118 cm³/mol. The summed E-state index contributed by atoms with van der Waals surface area (Å²) in [6, 6.07) is 7.50. The molecule has 0 bridgehead atoms. The molecule has 31 heavy (non-hydrogen) atoms. The van der Waals surface area contributed by atoms with Gasteiger partial charge in [-0.2, -0.15) is 0 Å². The van der Waals surface area contributed by atoms with E-state index in [1.807, 2.05) is 24.3 Å². The molecule has 2 aromatic rings. The summed E-state index contributed by atoms with van der Waals surface area (Å²) in [5.74, 6) is 0.486. The fourth-order valence-corrected chi connectivity index (χ4v) is 3.87. The number of rotatable bonds is 10. The number of carbonyl (C=O) groups excluding carboxylic acids is 2. The van der Waals surface area contributed by atoms with Crippen LogP contribution in [-0.4, -0.2) is 86.8 Å². The molecule has 0 unspecified atom stereocenters. The number of benzene rings is 1. The first kappa shape index (κ1) is 23.0. The van der Waals surface area contributed by atoms with Crippen molar-refractivity contribution in [3.63, 3.8) is 0 Å². The molecule has 9 nitrogen and oxygen atoms in total. The number of aromatic nitrogens is 1. The highest BCUT2D eigenvalue weighted by molar-refractivity contribution is 7.14. The zero-order valence-corrected chi connectivity index (χ0v) is 18.7.